The zero-order valence-corrected chi connectivity index (χ0v) is 22.6. The number of carbonyl (C=O) groups is 2. The summed E-state index contributed by atoms with van der Waals surface area (Å²) >= 11 is 0. The van der Waals surface area contributed by atoms with E-state index in [1.807, 2.05) is 38.2 Å². The Hall–Kier alpha value is -4.03. The number of likely N-dealkylation sites (N-methyl/N-ethyl adjacent to an activating group) is 1. The average Bonchev–Trinajstić information content (AvgIpc) is 3.43. The fraction of sp³-hybridized carbons (Fsp3) is 0.444. The predicted octanol–water partition coefficient (Wildman–Crippen LogP) is 1.67. The van der Waals surface area contributed by atoms with Gasteiger partial charge in [0.15, 0.2) is 0 Å². The van der Waals surface area contributed by atoms with Crippen molar-refractivity contribution in [3.05, 3.63) is 59.9 Å². The van der Waals surface area contributed by atoms with Gasteiger partial charge in [-0.1, -0.05) is 19.1 Å². The number of nitrogens with zero attached hydrogens (tertiary/aromatic N) is 6. The third-order valence-electron chi connectivity index (χ3n) is 6.75. The Labute approximate surface area is 227 Å². The van der Waals surface area contributed by atoms with Crippen molar-refractivity contribution in [1.82, 2.24) is 30.0 Å². The molecule has 1 aliphatic rings. The Balaban J connectivity index is 1.54. The van der Waals surface area contributed by atoms with Crippen LogP contribution in [-0.2, 0) is 17.9 Å². The molecule has 1 aromatic heterocycles. The highest BCUT2D eigenvalue weighted by molar-refractivity contribution is 5.99. The van der Waals surface area contributed by atoms with Crippen LogP contribution in [0.1, 0.15) is 29.8 Å². The molecule has 3 atom stereocenters. The molecule has 0 fully saturated rings. The second-order valence-electron chi connectivity index (χ2n) is 9.93. The minimum Gasteiger partial charge on any atom is -0.497 e. The molecule has 0 saturated heterocycles. The Morgan fingerprint density at radius 3 is 2.72 bits per heavy atom. The van der Waals surface area contributed by atoms with Crippen molar-refractivity contribution in [1.29, 1.82) is 0 Å². The number of nitrogens with one attached hydrogen (secondary N) is 1. The molecule has 2 amide bonds. The molecule has 208 valence electrons. The number of aromatic nitrogens is 4. The van der Waals surface area contributed by atoms with E-state index in [1.54, 1.807) is 30.2 Å². The van der Waals surface area contributed by atoms with Gasteiger partial charge in [-0.2, -0.15) is 0 Å². The van der Waals surface area contributed by atoms with Gasteiger partial charge in [-0.25, -0.2) is 4.68 Å². The van der Waals surface area contributed by atoms with E-state index < -0.39 is 0 Å². The number of benzene rings is 2. The maximum atomic E-state index is 13.6. The van der Waals surface area contributed by atoms with Gasteiger partial charge >= 0.3 is 0 Å². The van der Waals surface area contributed by atoms with Crippen LogP contribution in [0.3, 0.4) is 0 Å². The van der Waals surface area contributed by atoms with Gasteiger partial charge in [-0.05, 0) is 60.3 Å². The summed E-state index contributed by atoms with van der Waals surface area (Å²) in [6.07, 6.45) is 1.12. The molecular formula is C27H35N7O5. The van der Waals surface area contributed by atoms with Gasteiger partial charge in [0.2, 0.25) is 5.91 Å². The zero-order valence-electron chi connectivity index (χ0n) is 22.6. The molecule has 3 aromatic rings. The topological polar surface area (TPSA) is 135 Å². The lowest BCUT2D eigenvalue weighted by atomic mass is 9.99. The largest absolute Gasteiger partial charge is 0.497 e. The summed E-state index contributed by atoms with van der Waals surface area (Å²) in [5.74, 6) is 0.630. The van der Waals surface area contributed by atoms with E-state index in [0.717, 1.165) is 11.3 Å². The van der Waals surface area contributed by atoms with Gasteiger partial charge in [0.1, 0.15) is 30.5 Å². The molecule has 39 heavy (non-hydrogen) atoms. The third-order valence-corrected chi connectivity index (χ3v) is 6.75. The first kappa shape index (κ1) is 28.0. The average molecular weight is 538 g/mol. The molecule has 2 N–H and O–H groups in total. The van der Waals surface area contributed by atoms with Crippen LogP contribution in [-0.4, -0.2) is 92.9 Å². The smallest absolute Gasteiger partial charge is 0.258 e. The number of aliphatic hydroxyl groups is 1. The van der Waals surface area contributed by atoms with Gasteiger partial charge in [0.25, 0.3) is 5.91 Å². The number of hydrogen-bond acceptors (Lipinski definition) is 9. The summed E-state index contributed by atoms with van der Waals surface area (Å²) < 4.78 is 13.0. The Morgan fingerprint density at radius 1 is 1.28 bits per heavy atom. The maximum Gasteiger partial charge on any atom is 0.258 e. The molecular weight excluding hydrogens is 502 g/mol. The number of amides is 2. The van der Waals surface area contributed by atoms with E-state index in [0.29, 0.717) is 36.6 Å². The fourth-order valence-electron chi connectivity index (χ4n) is 4.53. The highest BCUT2D eigenvalue weighted by atomic mass is 16.5. The number of aliphatic hydroxyl groups excluding tert-OH is 1. The molecule has 1 aliphatic heterocycles. The second-order valence-corrected chi connectivity index (χ2v) is 9.93. The van der Waals surface area contributed by atoms with Crippen LogP contribution in [0.5, 0.6) is 11.5 Å². The molecule has 0 aliphatic carbocycles. The number of rotatable bonds is 10. The van der Waals surface area contributed by atoms with E-state index in [1.165, 1.54) is 11.0 Å². The van der Waals surface area contributed by atoms with Crippen molar-refractivity contribution in [2.75, 3.05) is 39.2 Å². The van der Waals surface area contributed by atoms with Crippen LogP contribution in [0.25, 0.3) is 0 Å². The highest BCUT2D eigenvalue weighted by Gasteiger charge is 2.33. The van der Waals surface area contributed by atoms with E-state index in [9.17, 15) is 14.7 Å². The van der Waals surface area contributed by atoms with Crippen LogP contribution in [0, 0.1) is 5.92 Å². The van der Waals surface area contributed by atoms with Gasteiger partial charge in [0.05, 0.1) is 25.3 Å². The first-order valence-electron chi connectivity index (χ1n) is 12.8. The SMILES string of the molecule is COc1ccc(CN(C)C[C@H]2Oc3ccc(NC(=O)Cn4cnnn4)cc3C(=O)N([C@@H](C)CO)C[C@@H]2C)cc1. The van der Waals surface area contributed by atoms with Crippen LogP contribution in [0.4, 0.5) is 5.69 Å². The summed E-state index contributed by atoms with van der Waals surface area (Å²) in [5.41, 5.74) is 1.91. The van der Waals surface area contributed by atoms with E-state index >= 15 is 0 Å². The summed E-state index contributed by atoms with van der Waals surface area (Å²) in [5, 5.41) is 23.4. The lowest BCUT2D eigenvalue weighted by Gasteiger charge is -2.38. The normalized spacial score (nSPS) is 18.1. The Bertz CT molecular complexity index is 1250. The number of ether oxygens (including phenoxy) is 2. The monoisotopic (exact) mass is 537 g/mol. The lowest BCUT2D eigenvalue weighted by Crippen LogP contribution is -2.49. The maximum absolute atomic E-state index is 13.6. The number of hydrogen-bond donors (Lipinski definition) is 2. The lowest BCUT2D eigenvalue weighted by molar-refractivity contribution is -0.116. The van der Waals surface area contributed by atoms with Gasteiger partial charge in [0, 0.05) is 31.2 Å². The van der Waals surface area contributed by atoms with Crippen LogP contribution in [0.2, 0.25) is 0 Å². The van der Waals surface area contributed by atoms with Gasteiger partial charge in [-0.15, -0.1) is 5.10 Å². The number of carbonyl (C=O) groups excluding carboxylic acids is 2. The first-order chi connectivity index (χ1) is 18.8. The van der Waals surface area contributed by atoms with Crippen LogP contribution in [0.15, 0.2) is 48.8 Å². The Kier molecular flexibility index (Phi) is 9.10. The van der Waals surface area contributed by atoms with Crippen LogP contribution >= 0.6 is 0 Å². The van der Waals surface area contributed by atoms with E-state index in [2.05, 4.69) is 32.7 Å². The first-order valence-corrected chi connectivity index (χ1v) is 12.8. The molecule has 0 bridgehead atoms. The minimum absolute atomic E-state index is 0.00918. The van der Waals surface area contributed by atoms with E-state index in [4.69, 9.17) is 9.47 Å². The Morgan fingerprint density at radius 2 is 2.05 bits per heavy atom. The summed E-state index contributed by atoms with van der Waals surface area (Å²) in [6, 6.07) is 12.6. The molecule has 0 saturated carbocycles. The number of fused-ring (bicyclic) bond motifs is 1. The zero-order chi connectivity index (χ0) is 27.9. The van der Waals surface area contributed by atoms with E-state index in [-0.39, 0.29) is 43.0 Å². The van der Waals surface area contributed by atoms with Crippen molar-refractivity contribution < 1.29 is 24.2 Å². The molecule has 2 aromatic carbocycles. The van der Waals surface area contributed by atoms with Gasteiger partial charge in [-0.3, -0.25) is 14.5 Å². The highest BCUT2D eigenvalue weighted by Crippen LogP contribution is 2.31. The van der Waals surface area contributed by atoms with Gasteiger partial charge < -0.3 is 24.8 Å². The van der Waals surface area contributed by atoms with Crippen molar-refractivity contribution in [3.8, 4) is 11.5 Å². The number of anilines is 1. The summed E-state index contributed by atoms with van der Waals surface area (Å²) in [6.45, 7) is 5.38. The summed E-state index contributed by atoms with van der Waals surface area (Å²) in [7, 11) is 3.67. The minimum atomic E-state index is -0.387. The van der Waals surface area contributed by atoms with Crippen molar-refractivity contribution in [2.24, 2.45) is 5.92 Å². The standard InChI is InChI=1S/C27H35N7O5/c1-18-12-34(19(2)16-35)27(37)23-11-21(29-26(36)15-33-17-28-30-31-33)7-10-24(23)39-25(18)14-32(3)13-20-5-8-22(38-4)9-6-20/h5-11,17-19,25,35H,12-16H2,1-4H3,(H,29,36)/t18-,19-,25+/m0/s1. The fourth-order valence-corrected chi connectivity index (χ4v) is 4.53. The molecule has 12 nitrogen and oxygen atoms in total. The molecule has 0 radical (unpaired) electrons. The third kappa shape index (κ3) is 7.09. The van der Waals surface area contributed by atoms with Crippen molar-refractivity contribution in [2.45, 2.75) is 39.1 Å². The molecule has 2 heterocycles. The number of tetrazole rings is 1. The molecule has 0 unspecified atom stereocenters. The molecule has 12 heteroatoms. The quantitative estimate of drug-likeness (QED) is 0.396. The predicted molar refractivity (Wildman–Crippen MR) is 143 cm³/mol. The molecule has 0 spiro atoms. The number of methoxy groups -OCH3 is 1. The van der Waals surface area contributed by atoms with Crippen molar-refractivity contribution >= 4 is 17.5 Å². The van der Waals surface area contributed by atoms with Crippen LogP contribution < -0.4 is 14.8 Å². The summed E-state index contributed by atoms with van der Waals surface area (Å²) in [4.78, 5) is 30.0. The second kappa shape index (κ2) is 12.7. The van der Waals surface area contributed by atoms with Crippen molar-refractivity contribution in [3.63, 3.8) is 0 Å². The molecule has 4 rings (SSSR count).